The molecule has 2 atom stereocenters. The number of hydrogen-bond acceptors (Lipinski definition) is 5. The molecule has 3 rings (SSSR count). The summed E-state index contributed by atoms with van der Waals surface area (Å²) in [4.78, 5) is 0.177. The Morgan fingerprint density at radius 2 is 1.95 bits per heavy atom. The molecule has 0 aliphatic carbocycles. The third kappa shape index (κ3) is 3.14. The van der Waals surface area contributed by atoms with Gasteiger partial charge in [0, 0.05) is 18.7 Å². The molecule has 0 amide bonds. The fourth-order valence-electron chi connectivity index (χ4n) is 2.58. The second-order valence-electron chi connectivity index (χ2n) is 5.27. The third-order valence-electron chi connectivity index (χ3n) is 3.69. The van der Waals surface area contributed by atoms with E-state index in [1.165, 1.54) is 12.1 Å². The Morgan fingerprint density at radius 3 is 2.67 bits per heavy atom. The fourth-order valence-corrected chi connectivity index (χ4v) is 3.86. The van der Waals surface area contributed by atoms with Crippen LogP contribution in [-0.2, 0) is 14.8 Å². The molecule has 116 valence electrons. The molecular formula is C14H19NO5S. The minimum atomic E-state index is -3.60. The molecule has 1 aromatic rings. The summed E-state index contributed by atoms with van der Waals surface area (Å²) in [5.41, 5.74) is 0. The lowest BCUT2D eigenvalue weighted by atomic mass is 10.1. The first-order valence-corrected chi connectivity index (χ1v) is 8.58. The summed E-state index contributed by atoms with van der Waals surface area (Å²) >= 11 is 0. The van der Waals surface area contributed by atoms with Crippen molar-refractivity contribution in [1.29, 1.82) is 0 Å². The Morgan fingerprint density at radius 1 is 1.19 bits per heavy atom. The number of fused-ring (bicyclic) bond motifs is 1. The van der Waals surface area contributed by atoms with Gasteiger partial charge in [-0.05, 0) is 31.9 Å². The van der Waals surface area contributed by atoms with E-state index in [0.29, 0.717) is 31.3 Å². The van der Waals surface area contributed by atoms with Crippen LogP contribution in [0.1, 0.15) is 19.8 Å². The van der Waals surface area contributed by atoms with Gasteiger partial charge < -0.3 is 14.2 Å². The minimum absolute atomic E-state index is 0.0583. The molecule has 1 saturated heterocycles. The molecule has 0 aromatic heterocycles. The van der Waals surface area contributed by atoms with Crippen LogP contribution in [0, 0.1) is 0 Å². The van der Waals surface area contributed by atoms with Gasteiger partial charge in [-0.3, -0.25) is 0 Å². The number of nitrogens with one attached hydrogen (secondary N) is 1. The summed E-state index contributed by atoms with van der Waals surface area (Å²) in [6.45, 7) is 3.43. The molecule has 0 saturated carbocycles. The van der Waals surface area contributed by atoms with Crippen LogP contribution >= 0.6 is 0 Å². The molecule has 2 aliphatic heterocycles. The highest BCUT2D eigenvalue weighted by Gasteiger charge is 2.27. The highest BCUT2D eigenvalue weighted by molar-refractivity contribution is 7.89. The zero-order valence-electron chi connectivity index (χ0n) is 11.9. The predicted molar refractivity (Wildman–Crippen MR) is 76.2 cm³/mol. The molecular weight excluding hydrogens is 294 g/mol. The molecule has 0 radical (unpaired) electrons. The summed E-state index contributed by atoms with van der Waals surface area (Å²) in [5.74, 6) is 1.04. The quantitative estimate of drug-likeness (QED) is 0.907. The van der Waals surface area contributed by atoms with Gasteiger partial charge in [0.05, 0.1) is 11.0 Å². The van der Waals surface area contributed by atoms with E-state index in [1.807, 2.05) is 6.92 Å². The summed E-state index contributed by atoms with van der Waals surface area (Å²) in [7, 11) is -3.60. The van der Waals surface area contributed by atoms with Crippen molar-refractivity contribution in [3.63, 3.8) is 0 Å². The molecule has 1 N–H and O–H groups in total. The highest BCUT2D eigenvalue weighted by atomic mass is 32.2. The van der Waals surface area contributed by atoms with Crippen LogP contribution in [0.2, 0.25) is 0 Å². The summed E-state index contributed by atoms with van der Waals surface area (Å²) < 4.78 is 43.8. The van der Waals surface area contributed by atoms with Gasteiger partial charge in [-0.2, -0.15) is 0 Å². The predicted octanol–water partition coefficient (Wildman–Crippen LogP) is 1.30. The van der Waals surface area contributed by atoms with Crippen molar-refractivity contribution in [2.45, 2.75) is 36.8 Å². The molecule has 0 spiro atoms. The van der Waals surface area contributed by atoms with Crippen molar-refractivity contribution in [3.05, 3.63) is 18.2 Å². The highest BCUT2D eigenvalue weighted by Crippen LogP contribution is 2.32. The van der Waals surface area contributed by atoms with E-state index in [-0.39, 0.29) is 17.0 Å². The zero-order valence-corrected chi connectivity index (χ0v) is 12.7. The number of ether oxygens (including phenoxy) is 3. The van der Waals surface area contributed by atoms with E-state index in [0.717, 1.165) is 12.8 Å². The summed E-state index contributed by atoms with van der Waals surface area (Å²) in [6.07, 6.45) is 1.79. The normalized spacial score (nSPS) is 23.0. The van der Waals surface area contributed by atoms with Crippen LogP contribution in [0.5, 0.6) is 11.5 Å². The molecule has 2 aliphatic rings. The van der Waals surface area contributed by atoms with Gasteiger partial charge in [-0.1, -0.05) is 0 Å². The Balaban J connectivity index is 1.77. The maximum absolute atomic E-state index is 12.4. The van der Waals surface area contributed by atoms with Crippen molar-refractivity contribution in [2.24, 2.45) is 0 Å². The lowest BCUT2D eigenvalue weighted by Crippen LogP contribution is -2.40. The minimum Gasteiger partial charge on any atom is -0.486 e. The van der Waals surface area contributed by atoms with Gasteiger partial charge in [-0.25, -0.2) is 13.1 Å². The molecule has 21 heavy (non-hydrogen) atoms. The number of hydrogen-bond donors (Lipinski definition) is 1. The lowest BCUT2D eigenvalue weighted by molar-refractivity contribution is 0.0902. The van der Waals surface area contributed by atoms with Crippen LogP contribution < -0.4 is 14.2 Å². The molecule has 0 unspecified atom stereocenters. The van der Waals surface area contributed by atoms with E-state index >= 15 is 0 Å². The van der Waals surface area contributed by atoms with Gasteiger partial charge in [0.15, 0.2) is 11.5 Å². The second kappa shape index (κ2) is 5.82. The number of benzene rings is 1. The maximum Gasteiger partial charge on any atom is 0.241 e. The first-order chi connectivity index (χ1) is 10.1. The first-order valence-electron chi connectivity index (χ1n) is 7.10. The Labute approximate surface area is 124 Å². The Hall–Kier alpha value is -1.31. The van der Waals surface area contributed by atoms with Crippen LogP contribution in [0.15, 0.2) is 23.1 Å². The van der Waals surface area contributed by atoms with Crippen molar-refractivity contribution in [1.82, 2.24) is 4.72 Å². The average molecular weight is 313 g/mol. The van der Waals surface area contributed by atoms with Crippen LogP contribution in [0.3, 0.4) is 0 Å². The molecule has 1 aromatic carbocycles. The SMILES string of the molecule is C[C@H](NS(=O)(=O)c1ccc2c(c1)OCCO2)[C@H]1CCCO1. The smallest absolute Gasteiger partial charge is 0.241 e. The largest absolute Gasteiger partial charge is 0.486 e. The molecule has 0 bridgehead atoms. The number of rotatable bonds is 4. The van der Waals surface area contributed by atoms with Gasteiger partial charge in [0.1, 0.15) is 13.2 Å². The van der Waals surface area contributed by atoms with Crippen molar-refractivity contribution < 1.29 is 22.6 Å². The maximum atomic E-state index is 12.4. The van der Waals surface area contributed by atoms with E-state index < -0.39 is 10.0 Å². The number of sulfonamides is 1. The first kappa shape index (κ1) is 14.6. The van der Waals surface area contributed by atoms with Crippen molar-refractivity contribution >= 4 is 10.0 Å². The standard InChI is InChI=1S/C14H19NO5S/c1-10(12-3-2-6-18-12)15-21(16,17)11-4-5-13-14(9-11)20-8-7-19-13/h4-5,9-10,12,15H,2-3,6-8H2,1H3/t10-,12+/m0/s1. The monoisotopic (exact) mass is 313 g/mol. The van der Waals surface area contributed by atoms with Gasteiger partial charge in [0.25, 0.3) is 0 Å². The van der Waals surface area contributed by atoms with E-state index in [9.17, 15) is 8.42 Å². The summed E-state index contributed by atoms with van der Waals surface area (Å²) in [6, 6.07) is 4.39. The van der Waals surface area contributed by atoms with Crippen molar-refractivity contribution in [3.8, 4) is 11.5 Å². The Bertz CT molecular complexity index is 610. The molecule has 2 heterocycles. The van der Waals surface area contributed by atoms with Crippen LogP contribution in [-0.4, -0.2) is 40.4 Å². The van der Waals surface area contributed by atoms with Gasteiger partial charge >= 0.3 is 0 Å². The molecule has 6 nitrogen and oxygen atoms in total. The lowest BCUT2D eigenvalue weighted by Gasteiger charge is -2.21. The fraction of sp³-hybridized carbons (Fsp3) is 0.571. The second-order valence-corrected chi connectivity index (χ2v) is 6.98. The van der Waals surface area contributed by atoms with Crippen LogP contribution in [0.25, 0.3) is 0 Å². The van der Waals surface area contributed by atoms with Gasteiger partial charge in [-0.15, -0.1) is 0 Å². The van der Waals surface area contributed by atoms with Gasteiger partial charge in [0.2, 0.25) is 10.0 Å². The average Bonchev–Trinajstić information content (AvgIpc) is 3.00. The molecule has 7 heteroatoms. The van der Waals surface area contributed by atoms with Crippen LogP contribution in [0.4, 0.5) is 0 Å². The molecule has 1 fully saturated rings. The topological polar surface area (TPSA) is 73.9 Å². The van der Waals surface area contributed by atoms with E-state index in [2.05, 4.69) is 4.72 Å². The van der Waals surface area contributed by atoms with E-state index in [4.69, 9.17) is 14.2 Å². The Kier molecular flexibility index (Phi) is 4.05. The summed E-state index contributed by atoms with van der Waals surface area (Å²) in [5, 5.41) is 0. The van der Waals surface area contributed by atoms with Crippen molar-refractivity contribution in [2.75, 3.05) is 19.8 Å². The third-order valence-corrected chi connectivity index (χ3v) is 5.24. The zero-order chi connectivity index (χ0) is 14.9. The van der Waals surface area contributed by atoms with E-state index in [1.54, 1.807) is 6.07 Å².